The summed E-state index contributed by atoms with van der Waals surface area (Å²) in [6.45, 7) is 5.87. The van der Waals surface area contributed by atoms with Crippen LogP contribution < -0.4 is 10.1 Å². The maximum absolute atomic E-state index is 5.43. The second-order valence-electron chi connectivity index (χ2n) is 6.82. The van der Waals surface area contributed by atoms with Gasteiger partial charge in [-0.15, -0.1) is 0 Å². The summed E-state index contributed by atoms with van der Waals surface area (Å²) < 4.78 is 6.34. The Labute approximate surface area is 144 Å². The Bertz CT molecular complexity index is 745. The van der Waals surface area contributed by atoms with Gasteiger partial charge in [0.1, 0.15) is 17.9 Å². The molecule has 0 aliphatic carbocycles. The van der Waals surface area contributed by atoms with Gasteiger partial charge >= 0.3 is 0 Å². The predicted octanol–water partition coefficient (Wildman–Crippen LogP) is 3.30. The van der Waals surface area contributed by atoms with E-state index in [9.17, 15) is 0 Å². The Kier molecular flexibility index (Phi) is 3.69. The van der Waals surface area contributed by atoms with Crippen LogP contribution in [0, 0.1) is 5.92 Å². The molecule has 3 aliphatic rings. The molecule has 1 N–H and O–H groups in total. The quantitative estimate of drug-likeness (QED) is 0.890. The van der Waals surface area contributed by atoms with Gasteiger partial charge in [-0.2, -0.15) is 0 Å². The van der Waals surface area contributed by atoms with E-state index in [1.54, 1.807) is 13.4 Å². The van der Waals surface area contributed by atoms with Crippen molar-refractivity contribution in [2.75, 3.05) is 32.1 Å². The highest BCUT2D eigenvalue weighted by Gasteiger charge is 2.43. The highest BCUT2D eigenvalue weighted by Crippen LogP contribution is 2.39. The van der Waals surface area contributed by atoms with E-state index in [0.717, 1.165) is 33.5 Å². The van der Waals surface area contributed by atoms with E-state index in [0.29, 0.717) is 5.92 Å². The minimum atomic E-state index is 0.0676. The highest BCUT2D eigenvalue weighted by atomic mass is 79.9. The van der Waals surface area contributed by atoms with Crippen molar-refractivity contribution in [3.63, 3.8) is 0 Å². The Balaban J connectivity index is 1.74. The fourth-order valence-corrected chi connectivity index (χ4v) is 4.54. The van der Waals surface area contributed by atoms with Gasteiger partial charge in [-0.05, 0) is 66.8 Å². The number of rotatable bonds is 3. The van der Waals surface area contributed by atoms with Gasteiger partial charge in [0.2, 0.25) is 0 Å². The number of halogens is 1. The van der Waals surface area contributed by atoms with Crippen molar-refractivity contribution < 1.29 is 4.74 Å². The van der Waals surface area contributed by atoms with E-state index in [1.807, 2.05) is 12.1 Å². The van der Waals surface area contributed by atoms with E-state index < -0.39 is 0 Å². The zero-order chi connectivity index (χ0) is 16.0. The molecule has 0 radical (unpaired) electrons. The van der Waals surface area contributed by atoms with Crippen molar-refractivity contribution in [3.8, 4) is 5.75 Å². The molecular weight excluding hydrogens is 356 g/mol. The molecule has 1 atom stereocenters. The van der Waals surface area contributed by atoms with Crippen molar-refractivity contribution in [2.24, 2.45) is 5.92 Å². The number of hydrogen-bond acceptors (Lipinski definition) is 5. The number of nitrogens with one attached hydrogen (secondary N) is 1. The molecule has 0 amide bonds. The summed E-state index contributed by atoms with van der Waals surface area (Å²) in [5.41, 5.74) is 0.984. The Morgan fingerprint density at radius 2 is 2.09 bits per heavy atom. The molecule has 1 aromatic heterocycles. The van der Waals surface area contributed by atoms with E-state index in [2.05, 4.69) is 43.0 Å². The summed E-state index contributed by atoms with van der Waals surface area (Å²) in [6, 6.07) is 3.99. The second-order valence-corrected chi connectivity index (χ2v) is 7.67. The minimum absolute atomic E-state index is 0.0676. The molecular formula is C17H21BrN4O. The summed E-state index contributed by atoms with van der Waals surface area (Å²) in [7, 11) is 1.68. The first-order valence-corrected chi connectivity index (χ1v) is 8.87. The summed E-state index contributed by atoms with van der Waals surface area (Å²) in [6.07, 6.45) is 4.16. The molecule has 2 bridgehead atoms. The summed E-state index contributed by atoms with van der Waals surface area (Å²) in [5.74, 6) is 2.40. The number of aromatic nitrogens is 2. The monoisotopic (exact) mass is 376 g/mol. The van der Waals surface area contributed by atoms with Gasteiger partial charge in [-0.1, -0.05) is 0 Å². The van der Waals surface area contributed by atoms with Gasteiger partial charge in [0.05, 0.1) is 22.6 Å². The molecule has 23 heavy (non-hydrogen) atoms. The van der Waals surface area contributed by atoms with Crippen LogP contribution in [0.1, 0.15) is 19.8 Å². The Hall–Kier alpha value is -1.40. The van der Waals surface area contributed by atoms with Crippen molar-refractivity contribution in [1.29, 1.82) is 0 Å². The molecule has 2 aromatic rings. The average Bonchev–Trinajstić information content (AvgIpc) is 2.55. The highest BCUT2D eigenvalue weighted by molar-refractivity contribution is 9.10. The molecule has 3 fully saturated rings. The predicted molar refractivity (Wildman–Crippen MR) is 95.0 cm³/mol. The number of fused-ring (bicyclic) bond motifs is 4. The lowest BCUT2D eigenvalue weighted by Gasteiger charge is -2.52. The molecule has 0 saturated carbocycles. The number of ether oxygens (including phenoxy) is 1. The molecule has 3 saturated heterocycles. The second kappa shape index (κ2) is 5.60. The van der Waals surface area contributed by atoms with Crippen molar-refractivity contribution in [3.05, 3.63) is 22.9 Å². The first-order valence-electron chi connectivity index (χ1n) is 8.08. The smallest absolute Gasteiger partial charge is 0.137 e. The number of anilines is 1. The first-order chi connectivity index (χ1) is 11.1. The Morgan fingerprint density at radius 1 is 1.30 bits per heavy atom. The van der Waals surface area contributed by atoms with Crippen LogP contribution >= 0.6 is 15.9 Å². The van der Waals surface area contributed by atoms with Crippen LogP contribution in [0.4, 0.5) is 5.82 Å². The lowest BCUT2D eigenvalue weighted by Crippen LogP contribution is -2.61. The molecule has 122 valence electrons. The van der Waals surface area contributed by atoms with Gasteiger partial charge in [0.15, 0.2) is 0 Å². The van der Waals surface area contributed by atoms with Crippen LogP contribution in [0.25, 0.3) is 10.9 Å². The zero-order valence-electron chi connectivity index (χ0n) is 13.5. The summed E-state index contributed by atoms with van der Waals surface area (Å²) >= 11 is 3.53. The van der Waals surface area contributed by atoms with Crippen LogP contribution in [-0.2, 0) is 0 Å². The van der Waals surface area contributed by atoms with Crippen LogP contribution in [0.5, 0.6) is 5.75 Å². The van der Waals surface area contributed by atoms with Crippen molar-refractivity contribution >= 4 is 32.7 Å². The third kappa shape index (κ3) is 2.58. The largest absolute Gasteiger partial charge is 0.496 e. The third-order valence-electron chi connectivity index (χ3n) is 5.35. The van der Waals surface area contributed by atoms with Gasteiger partial charge < -0.3 is 15.0 Å². The average molecular weight is 377 g/mol. The molecule has 3 aliphatic heterocycles. The van der Waals surface area contributed by atoms with Crippen LogP contribution in [-0.4, -0.2) is 47.2 Å². The number of piperidine rings is 3. The van der Waals surface area contributed by atoms with E-state index >= 15 is 0 Å². The molecule has 0 spiro atoms. The van der Waals surface area contributed by atoms with Crippen LogP contribution in [0.2, 0.25) is 0 Å². The van der Waals surface area contributed by atoms with Gasteiger partial charge in [-0.3, -0.25) is 0 Å². The molecule has 1 unspecified atom stereocenters. The molecule has 4 heterocycles. The summed E-state index contributed by atoms with van der Waals surface area (Å²) in [4.78, 5) is 11.5. The first kappa shape index (κ1) is 15.1. The van der Waals surface area contributed by atoms with Gasteiger partial charge in [0, 0.05) is 11.9 Å². The van der Waals surface area contributed by atoms with Crippen LogP contribution in [0.3, 0.4) is 0 Å². The topological polar surface area (TPSA) is 50.3 Å². The zero-order valence-corrected chi connectivity index (χ0v) is 15.1. The maximum atomic E-state index is 5.43. The molecule has 5 rings (SSSR count). The van der Waals surface area contributed by atoms with Crippen molar-refractivity contribution in [1.82, 2.24) is 14.9 Å². The minimum Gasteiger partial charge on any atom is -0.496 e. The van der Waals surface area contributed by atoms with Gasteiger partial charge in [0.25, 0.3) is 0 Å². The van der Waals surface area contributed by atoms with E-state index in [-0.39, 0.29) is 5.54 Å². The fraction of sp³-hybridized carbons (Fsp3) is 0.529. The molecule has 6 heteroatoms. The maximum Gasteiger partial charge on any atom is 0.137 e. The third-order valence-corrected chi connectivity index (χ3v) is 5.97. The van der Waals surface area contributed by atoms with E-state index in [1.165, 1.54) is 25.9 Å². The van der Waals surface area contributed by atoms with E-state index in [4.69, 9.17) is 4.74 Å². The number of hydrogen-bond donors (Lipinski definition) is 1. The SMILES string of the molecule is COc1cc2c(NC3(C)CN4CCC3CC4)ncnc2cc1Br. The number of nitrogens with zero attached hydrogens (tertiary/aromatic N) is 3. The Morgan fingerprint density at radius 3 is 2.74 bits per heavy atom. The normalized spacial score (nSPS) is 29.7. The molecule has 1 aromatic carbocycles. The van der Waals surface area contributed by atoms with Crippen LogP contribution in [0.15, 0.2) is 22.9 Å². The fourth-order valence-electron chi connectivity index (χ4n) is 4.05. The summed E-state index contributed by atoms with van der Waals surface area (Å²) in [5, 5.41) is 4.74. The number of methoxy groups -OCH3 is 1. The lowest BCUT2D eigenvalue weighted by atomic mass is 9.74. The number of benzene rings is 1. The van der Waals surface area contributed by atoms with Gasteiger partial charge in [-0.25, -0.2) is 9.97 Å². The van der Waals surface area contributed by atoms with Crippen molar-refractivity contribution in [2.45, 2.75) is 25.3 Å². The molecule has 5 nitrogen and oxygen atoms in total. The lowest BCUT2D eigenvalue weighted by molar-refractivity contribution is 0.0499. The standard InChI is InChI=1S/C17H21BrN4O/c1-17(9-22-5-3-11(17)4-6-22)21-16-12-7-15(23-2)13(18)8-14(12)19-10-20-16/h7-8,10-11H,3-6,9H2,1-2H3,(H,19,20,21).